The van der Waals surface area contributed by atoms with Crippen molar-refractivity contribution in [1.82, 2.24) is 9.88 Å². The Morgan fingerprint density at radius 2 is 2.00 bits per heavy atom. The van der Waals surface area contributed by atoms with E-state index in [2.05, 4.69) is 4.98 Å². The molecule has 1 fully saturated rings. The Hall–Kier alpha value is -1.62. The smallest absolute Gasteiger partial charge is 0.410 e. The second kappa shape index (κ2) is 5.17. The number of aliphatic hydroxyl groups is 1. The number of likely N-dealkylation sites (tertiary alicyclic amines) is 1. The minimum absolute atomic E-state index is 0.0736. The summed E-state index contributed by atoms with van der Waals surface area (Å²) in [5.41, 5.74) is 0.477. The van der Waals surface area contributed by atoms with Crippen LogP contribution in [0.15, 0.2) is 24.5 Å². The second-order valence-corrected chi connectivity index (χ2v) is 5.84. The SMILES string of the molecule is CC(C)(C)OC(=O)N1CC(O)C(c2ccncc2)C1. The van der Waals surface area contributed by atoms with Gasteiger partial charge in [0.15, 0.2) is 0 Å². The molecule has 1 aliphatic rings. The second-order valence-electron chi connectivity index (χ2n) is 5.84. The summed E-state index contributed by atoms with van der Waals surface area (Å²) in [5, 5.41) is 10.1. The Balaban J connectivity index is 2.04. The summed E-state index contributed by atoms with van der Waals surface area (Å²) in [7, 11) is 0. The lowest BCUT2D eigenvalue weighted by Gasteiger charge is -2.24. The summed E-state index contributed by atoms with van der Waals surface area (Å²) in [6.07, 6.45) is 2.45. The minimum Gasteiger partial charge on any atom is -0.444 e. The number of carbonyl (C=O) groups excluding carboxylic acids is 1. The molecule has 0 saturated carbocycles. The first-order valence-electron chi connectivity index (χ1n) is 6.43. The number of hydrogen-bond acceptors (Lipinski definition) is 4. The molecule has 2 unspecified atom stereocenters. The van der Waals surface area contributed by atoms with Gasteiger partial charge in [0.25, 0.3) is 0 Å². The number of rotatable bonds is 1. The molecule has 104 valence electrons. The van der Waals surface area contributed by atoms with Crippen molar-refractivity contribution in [2.75, 3.05) is 13.1 Å². The summed E-state index contributed by atoms with van der Waals surface area (Å²) in [6, 6.07) is 3.74. The van der Waals surface area contributed by atoms with Crippen LogP contribution in [-0.4, -0.2) is 45.9 Å². The largest absolute Gasteiger partial charge is 0.444 e. The van der Waals surface area contributed by atoms with Gasteiger partial charge in [0.05, 0.1) is 12.6 Å². The number of β-amino-alcohol motifs (C(OH)–C–C–N with tert-alkyl or cyclic N) is 1. The first-order chi connectivity index (χ1) is 8.87. The molecule has 1 aliphatic heterocycles. The zero-order chi connectivity index (χ0) is 14.0. The third-order valence-electron chi connectivity index (χ3n) is 3.07. The molecule has 2 atom stereocenters. The number of amides is 1. The van der Waals surface area contributed by atoms with Gasteiger partial charge in [-0.3, -0.25) is 4.98 Å². The van der Waals surface area contributed by atoms with Crippen molar-refractivity contribution in [3.8, 4) is 0 Å². The van der Waals surface area contributed by atoms with Crippen molar-refractivity contribution in [1.29, 1.82) is 0 Å². The fourth-order valence-electron chi connectivity index (χ4n) is 2.20. The molecular weight excluding hydrogens is 244 g/mol. The molecular formula is C14H20N2O3. The van der Waals surface area contributed by atoms with E-state index in [9.17, 15) is 9.90 Å². The average Bonchev–Trinajstić information content (AvgIpc) is 2.70. The van der Waals surface area contributed by atoms with Crippen LogP contribution in [0.1, 0.15) is 32.3 Å². The van der Waals surface area contributed by atoms with Gasteiger partial charge < -0.3 is 14.7 Å². The lowest BCUT2D eigenvalue weighted by atomic mass is 9.97. The summed E-state index contributed by atoms with van der Waals surface area (Å²) in [4.78, 5) is 17.5. The number of aliphatic hydroxyl groups excluding tert-OH is 1. The van der Waals surface area contributed by atoms with Crippen LogP contribution in [0.25, 0.3) is 0 Å². The molecule has 1 saturated heterocycles. The average molecular weight is 264 g/mol. The van der Waals surface area contributed by atoms with Gasteiger partial charge >= 0.3 is 6.09 Å². The van der Waals surface area contributed by atoms with E-state index in [0.717, 1.165) is 5.56 Å². The van der Waals surface area contributed by atoms with Gasteiger partial charge in [-0.25, -0.2) is 4.79 Å². The highest BCUT2D eigenvalue weighted by molar-refractivity contribution is 5.68. The van der Waals surface area contributed by atoms with Crippen molar-refractivity contribution in [2.45, 2.75) is 38.4 Å². The number of aromatic nitrogens is 1. The minimum atomic E-state index is -0.560. The first-order valence-corrected chi connectivity index (χ1v) is 6.43. The number of nitrogens with zero attached hydrogens (tertiary/aromatic N) is 2. The molecule has 0 aliphatic carbocycles. The van der Waals surface area contributed by atoms with E-state index < -0.39 is 11.7 Å². The van der Waals surface area contributed by atoms with Crippen molar-refractivity contribution < 1.29 is 14.6 Å². The Morgan fingerprint density at radius 1 is 1.37 bits per heavy atom. The van der Waals surface area contributed by atoms with Crippen LogP contribution in [0.4, 0.5) is 4.79 Å². The standard InChI is InChI=1S/C14H20N2O3/c1-14(2,3)19-13(18)16-8-11(12(17)9-16)10-4-6-15-7-5-10/h4-7,11-12,17H,8-9H2,1-3H3. The molecule has 0 spiro atoms. The lowest BCUT2D eigenvalue weighted by molar-refractivity contribution is 0.0270. The summed E-state index contributed by atoms with van der Waals surface area (Å²) in [5.74, 6) is -0.0736. The Bertz CT molecular complexity index is 442. The van der Waals surface area contributed by atoms with Crippen LogP contribution >= 0.6 is 0 Å². The normalized spacial score (nSPS) is 23.5. The molecule has 0 radical (unpaired) electrons. The summed E-state index contributed by atoms with van der Waals surface area (Å²) >= 11 is 0. The molecule has 2 rings (SSSR count). The molecule has 1 aromatic rings. The van der Waals surface area contributed by atoms with Crippen LogP contribution < -0.4 is 0 Å². The van der Waals surface area contributed by atoms with Gasteiger partial charge in [0.1, 0.15) is 5.60 Å². The van der Waals surface area contributed by atoms with E-state index in [1.54, 1.807) is 17.3 Å². The Morgan fingerprint density at radius 3 is 2.58 bits per heavy atom. The van der Waals surface area contributed by atoms with Crippen molar-refractivity contribution in [3.05, 3.63) is 30.1 Å². The number of pyridine rings is 1. The van der Waals surface area contributed by atoms with E-state index in [4.69, 9.17) is 4.74 Å². The van der Waals surface area contributed by atoms with Crippen LogP contribution in [0.3, 0.4) is 0 Å². The van der Waals surface area contributed by atoms with E-state index in [-0.39, 0.29) is 12.0 Å². The maximum atomic E-state index is 12.0. The number of ether oxygens (including phenoxy) is 1. The molecule has 1 aromatic heterocycles. The topological polar surface area (TPSA) is 62.7 Å². The van der Waals surface area contributed by atoms with Crippen LogP contribution in [0.2, 0.25) is 0 Å². The highest BCUT2D eigenvalue weighted by Crippen LogP contribution is 2.28. The van der Waals surface area contributed by atoms with E-state index in [1.807, 2.05) is 32.9 Å². The molecule has 2 heterocycles. The van der Waals surface area contributed by atoms with Gasteiger partial charge in [-0.05, 0) is 38.5 Å². The van der Waals surface area contributed by atoms with Crippen molar-refractivity contribution in [3.63, 3.8) is 0 Å². The van der Waals surface area contributed by atoms with Gasteiger partial charge in [-0.15, -0.1) is 0 Å². The maximum absolute atomic E-state index is 12.0. The fourth-order valence-corrected chi connectivity index (χ4v) is 2.20. The van der Waals surface area contributed by atoms with Crippen LogP contribution in [-0.2, 0) is 4.74 Å². The van der Waals surface area contributed by atoms with E-state index >= 15 is 0 Å². The molecule has 0 aromatic carbocycles. The molecule has 19 heavy (non-hydrogen) atoms. The maximum Gasteiger partial charge on any atom is 0.410 e. The zero-order valence-corrected chi connectivity index (χ0v) is 11.5. The van der Waals surface area contributed by atoms with Crippen LogP contribution in [0.5, 0.6) is 0 Å². The third-order valence-corrected chi connectivity index (χ3v) is 3.07. The molecule has 1 N–H and O–H groups in total. The number of hydrogen-bond donors (Lipinski definition) is 1. The molecule has 1 amide bonds. The van der Waals surface area contributed by atoms with Gasteiger partial charge in [-0.1, -0.05) is 0 Å². The third kappa shape index (κ3) is 3.44. The Labute approximate surface area is 113 Å². The fraction of sp³-hybridized carbons (Fsp3) is 0.571. The predicted molar refractivity (Wildman–Crippen MR) is 70.8 cm³/mol. The highest BCUT2D eigenvalue weighted by atomic mass is 16.6. The quantitative estimate of drug-likeness (QED) is 0.839. The Kier molecular flexibility index (Phi) is 3.75. The predicted octanol–water partition coefficient (Wildman–Crippen LogP) is 1.78. The highest BCUT2D eigenvalue weighted by Gasteiger charge is 2.36. The van der Waals surface area contributed by atoms with Gasteiger partial charge in [-0.2, -0.15) is 0 Å². The van der Waals surface area contributed by atoms with Crippen LogP contribution in [0, 0.1) is 0 Å². The first kappa shape index (κ1) is 13.8. The van der Waals surface area contributed by atoms with E-state index in [0.29, 0.717) is 13.1 Å². The van der Waals surface area contributed by atoms with Crippen molar-refractivity contribution >= 4 is 6.09 Å². The van der Waals surface area contributed by atoms with Crippen molar-refractivity contribution in [2.24, 2.45) is 0 Å². The molecule has 5 heteroatoms. The monoisotopic (exact) mass is 264 g/mol. The zero-order valence-electron chi connectivity index (χ0n) is 11.5. The summed E-state index contributed by atoms with van der Waals surface area (Å²) < 4.78 is 5.32. The van der Waals surface area contributed by atoms with Gasteiger partial charge in [0.2, 0.25) is 0 Å². The number of carbonyl (C=O) groups is 1. The molecule has 0 bridgehead atoms. The lowest BCUT2D eigenvalue weighted by Crippen LogP contribution is -2.35. The summed E-state index contributed by atoms with van der Waals surface area (Å²) in [6.45, 7) is 6.27. The van der Waals surface area contributed by atoms with Gasteiger partial charge in [0, 0.05) is 24.9 Å². The van der Waals surface area contributed by atoms with E-state index in [1.165, 1.54) is 0 Å². The molecule has 5 nitrogen and oxygen atoms in total.